The van der Waals surface area contributed by atoms with Crippen molar-refractivity contribution in [1.29, 1.82) is 0 Å². The third-order valence-corrected chi connectivity index (χ3v) is 4.66. The molecule has 1 aliphatic rings. The Hall–Kier alpha value is -3.53. The number of hydrogen-bond acceptors (Lipinski definition) is 3. The van der Waals surface area contributed by atoms with Crippen LogP contribution in [0.15, 0.2) is 83.0 Å². The second-order valence-corrected chi connectivity index (χ2v) is 6.29. The normalized spacial score (nSPS) is 12.7. The molecule has 0 radical (unpaired) electrons. The van der Waals surface area contributed by atoms with Crippen molar-refractivity contribution in [3.8, 4) is 5.75 Å². The average molecular weight is 338 g/mol. The fourth-order valence-electron chi connectivity index (χ4n) is 3.38. The summed E-state index contributed by atoms with van der Waals surface area (Å²) in [5, 5.41) is 11.5. The number of benzene rings is 4. The Kier molecular flexibility index (Phi) is 3.28. The summed E-state index contributed by atoms with van der Waals surface area (Å²) < 4.78 is 6.06. The van der Waals surface area contributed by atoms with E-state index in [1.165, 1.54) is 0 Å². The van der Waals surface area contributed by atoms with Crippen LogP contribution in [0.5, 0.6) is 5.75 Å². The molecule has 5 rings (SSSR count). The number of rotatable bonds is 3. The van der Waals surface area contributed by atoms with Gasteiger partial charge in [-0.25, -0.2) is 0 Å². The van der Waals surface area contributed by atoms with Crippen molar-refractivity contribution in [2.24, 2.45) is 10.2 Å². The van der Waals surface area contributed by atoms with Crippen LogP contribution in [0.4, 0.5) is 5.69 Å². The number of amides is 1. The first-order chi connectivity index (χ1) is 12.8. The molecule has 0 saturated heterocycles. The topological polar surface area (TPSA) is 51.0 Å². The summed E-state index contributed by atoms with van der Waals surface area (Å²) in [6, 6.07) is 23.9. The molecule has 0 spiro atoms. The lowest BCUT2D eigenvalue weighted by Crippen LogP contribution is -1.96. The molecule has 0 aliphatic carbocycles. The largest absolute Gasteiger partial charge is 0.488 e. The molecule has 26 heavy (non-hydrogen) atoms. The van der Waals surface area contributed by atoms with E-state index in [1.54, 1.807) is 0 Å². The van der Waals surface area contributed by atoms with E-state index >= 15 is 0 Å². The van der Waals surface area contributed by atoms with Crippen molar-refractivity contribution < 1.29 is 9.53 Å². The summed E-state index contributed by atoms with van der Waals surface area (Å²) in [5.41, 5.74) is 2.34. The van der Waals surface area contributed by atoms with E-state index < -0.39 is 0 Å². The molecule has 0 aromatic heterocycles. The van der Waals surface area contributed by atoms with Crippen molar-refractivity contribution in [3.63, 3.8) is 0 Å². The first-order valence-corrected chi connectivity index (χ1v) is 8.42. The molecule has 1 heterocycles. The van der Waals surface area contributed by atoms with Gasteiger partial charge in [0.25, 0.3) is 5.91 Å². The van der Waals surface area contributed by atoms with E-state index in [-0.39, 0.29) is 5.91 Å². The predicted molar refractivity (Wildman–Crippen MR) is 101 cm³/mol. The maximum absolute atomic E-state index is 12.1. The first-order valence-electron chi connectivity index (χ1n) is 8.42. The minimum atomic E-state index is -0.276. The first kappa shape index (κ1) is 14.8. The molecule has 0 fully saturated rings. The van der Waals surface area contributed by atoms with Gasteiger partial charge in [0.15, 0.2) is 0 Å². The minimum Gasteiger partial charge on any atom is -0.488 e. The summed E-state index contributed by atoms with van der Waals surface area (Å²) in [5.74, 6) is 0.552. The number of nitrogens with zero attached hydrogens (tertiary/aromatic N) is 2. The highest BCUT2D eigenvalue weighted by atomic mass is 16.5. The summed E-state index contributed by atoms with van der Waals surface area (Å²) in [7, 11) is 0. The van der Waals surface area contributed by atoms with Crippen molar-refractivity contribution in [2.45, 2.75) is 6.61 Å². The van der Waals surface area contributed by atoms with Crippen LogP contribution in [-0.4, -0.2) is 5.91 Å². The van der Waals surface area contributed by atoms with Gasteiger partial charge >= 0.3 is 0 Å². The molecule has 0 N–H and O–H groups in total. The second kappa shape index (κ2) is 5.77. The van der Waals surface area contributed by atoms with Crippen LogP contribution in [0.1, 0.15) is 15.9 Å². The lowest BCUT2D eigenvalue weighted by atomic mass is 9.98. The van der Waals surface area contributed by atoms with Gasteiger partial charge in [-0.1, -0.05) is 48.5 Å². The van der Waals surface area contributed by atoms with Gasteiger partial charge in [0, 0.05) is 5.39 Å². The highest BCUT2D eigenvalue weighted by Gasteiger charge is 2.21. The highest BCUT2D eigenvalue weighted by Crippen LogP contribution is 2.37. The van der Waals surface area contributed by atoms with Crippen LogP contribution < -0.4 is 4.74 Å². The summed E-state index contributed by atoms with van der Waals surface area (Å²) in [4.78, 5) is 12.1. The molecule has 1 aliphatic heterocycles. The van der Waals surface area contributed by atoms with Crippen LogP contribution >= 0.6 is 0 Å². The van der Waals surface area contributed by atoms with E-state index in [2.05, 4.69) is 16.3 Å². The molecule has 0 saturated carbocycles. The van der Waals surface area contributed by atoms with Crippen LogP contribution in [0, 0.1) is 0 Å². The molecule has 1 amide bonds. The number of azo groups is 1. The van der Waals surface area contributed by atoms with Gasteiger partial charge in [0.2, 0.25) is 0 Å². The monoisotopic (exact) mass is 338 g/mol. The molecule has 124 valence electrons. The third-order valence-electron chi connectivity index (χ3n) is 4.66. The molecule has 4 aromatic carbocycles. The summed E-state index contributed by atoms with van der Waals surface area (Å²) >= 11 is 0. The van der Waals surface area contributed by atoms with Gasteiger partial charge in [-0.05, 0) is 46.0 Å². The maximum atomic E-state index is 12.1. The Balaban J connectivity index is 1.62. The second-order valence-electron chi connectivity index (χ2n) is 6.29. The summed E-state index contributed by atoms with van der Waals surface area (Å²) in [6.45, 7) is 0.512. The molecular weight excluding hydrogens is 324 g/mol. The fraction of sp³-hybridized carbons (Fsp3) is 0.0455. The van der Waals surface area contributed by atoms with E-state index in [0.29, 0.717) is 17.9 Å². The van der Waals surface area contributed by atoms with E-state index in [0.717, 1.165) is 32.9 Å². The van der Waals surface area contributed by atoms with Gasteiger partial charge in [-0.15, -0.1) is 10.2 Å². The minimum absolute atomic E-state index is 0.276. The van der Waals surface area contributed by atoms with Gasteiger partial charge < -0.3 is 4.74 Å². The smallest absolute Gasteiger partial charge is 0.298 e. The molecule has 4 aromatic rings. The van der Waals surface area contributed by atoms with Crippen LogP contribution in [-0.2, 0) is 6.61 Å². The lowest BCUT2D eigenvalue weighted by molar-refractivity contribution is 0.100. The molecule has 4 nitrogen and oxygen atoms in total. The molecule has 0 unspecified atom stereocenters. The number of carbonyl (C=O) groups is 1. The van der Waals surface area contributed by atoms with Crippen LogP contribution in [0.3, 0.4) is 0 Å². The quantitative estimate of drug-likeness (QED) is 0.443. The van der Waals surface area contributed by atoms with E-state index in [9.17, 15) is 4.79 Å². The Morgan fingerprint density at radius 1 is 0.769 bits per heavy atom. The summed E-state index contributed by atoms with van der Waals surface area (Å²) in [6.07, 6.45) is 0. The predicted octanol–water partition coefficient (Wildman–Crippen LogP) is 5.81. The zero-order valence-electron chi connectivity index (χ0n) is 13.8. The fourth-order valence-corrected chi connectivity index (χ4v) is 3.38. The van der Waals surface area contributed by atoms with Crippen molar-refractivity contribution in [3.05, 3.63) is 83.9 Å². The van der Waals surface area contributed by atoms with Crippen molar-refractivity contribution in [2.75, 3.05) is 0 Å². The average Bonchev–Trinajstić information content (AvgIpc) is 3.07. The third kappa shape index (κ3) is 2.35. The zero-order valence-corrected chi connectivity index (χ0v) is 13.8. The highest BCUT2D eigenvalue weighted by molar-refractivity contribution is 6.16. The van der Waals surface area contributed by atoms with Crippen molar-refractivity contribution >= 4 is 33.1 Å². The maximum Gasteiger partial charge on any atom is 0.298 e. The Morgan fingerprint density at radius 3 is 2.46 bits per heavy atom. The van der Waals surface area contributed by atoms with Crippen LogP contribution in [0.2, 0.25) is 0 Å². The van der Waals surface area contributed by atoms with E-state index in [1.807, 2.05) is 66.7 Å². The molecular formula is C22H14N2O2. The van der Waals surface area contributed by atoms with Crippen LogP contribution in [0.25, 0.3) is 21.5 Å². The molecule has 0 bridgehead atoms. The standard InChI is InChI=1S/C22H14N2O2/c25-22-21-18-12-15-7-4-8-20(26-13-14-5-2-1-3-6-14)17(15)11-16(18)9-10-19(21)23-24-22/h1-12H,13H2. The lowest BCUT2D eigenvalue weighted by Gasteiger charge is -2.11. The SMILES string of the molecule is O=C1N=Nc2ccc3cc4c(OCc5ccccc5)cccc4cc3c21. The van der Waals surface area contributed by atoms with Gasteiger partial charge in [0.05, 0.1) is 11.3 Å². The van der Waals surface area contributed by atoms with Gasteiger partial charge in [-0.3, -0.25) is 4.79 Å². The number of ether oxygens (including phenoxy) is 1. The number of fused-ring (bicyclic) bond motifs is 4. The molecule has 0 atom stereocenters. The number of carbonyl (C=O) groups excluding carboxylic acids is 1. The molecule has 4 heteroatoms. The Bertz CT molecular complexity index is 1200. The van der Waals surface area contributed by atoms with E-state index in [4.69, 9.17) is 4.74 Å². The number of hydrogen-bond donors (Lipinski definition) is 0. The zero-order chi connectivity index (χ0) is 17.5. The van der Waals surface area contributed by atoms with Crippen molar-refractivity contribution in [1.82, 2.24) is 0 Å². The van der Waals surface area contributed by atoms with Gasteiger partial charge in [0.1, 0.15) is 12.4 Å². The Morgan fingerprint density at radius 2 is 1.58 bits per heavy atom. The van der Waals surface area contributed by atoms with Gasteiger partial charge in [-0.2, -0.15) is 0 Å². The Labute approximate surface area is 149 Å².